The van der Waals surface area contributed by atoms with Crippen LogP contribution in [0.25, 0.3) is 11.0 Å². The number of H-pyrrole nitrogens is 1. The van der Waals surface area contributed by atoms with Crippen LogP contribution in [0, 0.1) is 5.82 Å². The van der Waals surface area contributed by atoms with Gasteiger partial charge < -0.3 is 9.47 Å². The number of nitrogens with zero attached hydrogens (tertiary/aromatic N) is 2. The molecule has 0 aliphatic rings. The van der Waals surface area contributed by atoms with Gasteiger partial charge in [0.15, 0.2) is 0 Å². The number of aromatic nitrogens is 2. The summed E-state index contributed by atoms with van der Waals surface area (Å²) in [7, 11) is 6.34. The van der Waals surface area contributed by atoms with E-state index in [1.165, 1.54) is 12.3 Å². The van der Waals surface area contributed by atoms with Crippen LogP contribution in [-0.4, -0.2) is 35.6 Å². The molecule has 4 heteroatoms. The highest BCUT2D eigenvalue weighted by molar-refractivity contribution is 5.78. The summed E-state index contributed by atoms with van der Waals surface area (Å²) in [6.07, 6.45) is 3.16. The maximum absolute atomic E-state index is 12.9. The highest BCUT2D eigenvalue weighted by Gasteiger charge is 2.13. The van der Waals surface area contributed by atoms with E-state index in [4.69, 9.17) is 0 Å². The molecular formula is C13H21FN3+. The fourth-order valence-corrected chi connectivity index (χ4v) is 1.67. The molecule has 2 aromatic heterocycles. The Morgan fingerprint density at radius 1 is 1.29 bits per heavy atom. The number of quaternary nitrogens is 1. The lowest BCUT2D eigenvalue weighted by Crippen LogP contribution is -2.33. The Morgan fingerprint density at radius 3 is 2.53 bits per heavy atom. The SMILES string of the molecule is CC.C[N+](C)(C)Cc1c[nH]c2cc(F)cnc12. The van der Waals surface area contributed by atoms with Crippen LogP contribution in [0.1, 0.15) is 19.4 Å². The molecule has 0 fully saturated rings. The lowest BCUT2D eigenvalue weighted by Gasteiger charge is -2.23. The first kappa shape index (κ1) is 13.6. The average molecular weight is 238 g/mol. The molecule has 3 nitrogen and oxygen atoms in total. The van der Waals surface area contributed by atoms with E-state index in [1.807, 2.05) is 20.0 Å². The Balaban J connectivity index is 0.000000686. The highest BCUT2D eigenvalue weighted by Crippen LogP contribution is 2.18. The van der Waals surface area contributed by atoms with Crippen molar-refractivity contribution < 1.29 is 8.87 Å². The molecule has 0 atom stereocenters. The van der Waals surface area contributed by atoms with Gasteiger partial charge >= 0.3 is 0 Å². The lowest BCUT2D eigenvalue weighted by molar-refractivity contribution is -0.883. The summed E-state index contributed by atoms with van der Waals surface area (Å²) in [5.74, 6) is -0.304. The van der Waals surface area contributed by atoms with Crippen LogP contribution in [0.2, 0.25) is 0 Å². The van der Waals surface area contributed by atoms with Gasteiger partial charge in [0.05, 0.1) is 43.9 Å². The van der Waals surface area contributed by atoms with Crippen LogP contribution in [0.15, 0.2) is 18.5 Å². The lowest BCUT2D eigenvalue weighted by atomic mass is 10.2. The Bertz CT molecular complexity index is 483. The minimum atomic E-state index is -0.304. The third kappa shape index (κ3) is 3.53. The molecule has 0 radical (unpaired) electrons. The molecule has 0 saturated heterocycles. The number of rotatable bonds is 2. The van der Waals surface area contributed by atoms with Crippen molar-refractivity contribution in [3.8, 4) is 0 Å². The molecule has 0 aliphatic carbocycles. The van der Waals surface area contributed by atoms with Crippen molar-refractivity contribution in [2.24, 2.45) is 0 Å². The van der Waals surface area contributed by atoms with Crippen LogP contribution in [0.4, 0.5) is 4.39 Å². The van der Waals surface area contributed by atoms with E-state index in [9.17, 15) is 4.39 Å². The van der Waals surface area contributed by atoms with Gasteiger partial charge in [-0.2, -0.15) is 0 Å². The minimum absolute atomic E-state index is 0.304. The molecule has 0 amide bonds. The van der Waals surface area contributed by atoms with E-state index in [2.05, 4.69) is 31.1 Å². The summed E-state index contributed by atoms with van der Waals surface area (Å²) >= 11 is 0. The van der Waals surface area contributed by atoms with E-state index in [0.29, 0.717) is 0 Å². The average Bonchev–Trinajstić information content (AvgIpc) is 2.61. The van der Waals surface area contributed by atoms with Crippen molar-refractivity contribution >= 4 is 11.0 Å². The summed E-state index contributed by atoms with van der Waals surface area (Å²) in [5, 5.41) is 0. The molecule has 2 rings (SSSR count). The molecule has 0 aliphatic heterocycles. The Labute approximate surface area is 102 Å². The zero-order chi connectivity index (χ0) is 13.1. The second-order valence-electron chi connectivity index (χ2n) is 4.81. The van der Waals surface area contributed by atoms with Gasteiger partial charge in [-0.1, -0.05) is 13.8 Å². The molecular weight excluding hydrogens is 217 g/mol. The van der Waals surface area contributed by atoms with Gasteiger partial charge in [-0.3, -0.25) is 4.98 Å². The topological polar surface area (TPSA) is 28.7 Å². The molecule has 2 aromatic rings. The Morgan fingerprint density at radius 2 is 1.94 bits per heavy atom. The molecule has 0 unspecified atom stereocenters. The van der Waals surface area contributed by atoms with E-state index in [0.717, 1.165) is 27.6 Å². The summed E-state index contributed by atoms with van der Waals surface area (Å²) in [6, 6.07) is 1.47. The molecule has 0 spiro atoms. The maximum atomic E-state index is 12.9. The van der Waals surface area contributed by atoms with E-state index < -0.39 is 0 Å². The van der Waals surface area contributed by atoms with E-state index in [-0.39, 0.29) is 5.82 Å². The quantitative estimate of drug-likeness (QED) is 0.801. The van der Waals surface area contributed by atoms with Gasteiger partial charge in [-0.05, 0) is 0 Å². The normalized spacial score (nSPS) is 11.2. The number of halogens is 1. The highest BCUT2D eigenvalue weighted by atomic mass is 19.1. The molecule has 1 N–H and O–H groups in total. The first-order chi connectivity index (χ1) is 7.96. The summed E-state index contributed by atoms with van der Waals surface area (Å²) in [4.78, 5) is 7.15. The van der Waals surface area contributed by atoms with Crippen LogP contribution in [0.3, 0.4) is 0 Å². The fourth-order valence-electron chi connectivity index (χ4n) is 1.67. The third-order valence-corrected chi connectivity index (χ3v) is 2.21. The number of pyridine rings is 1. The smallest absolute Gasteiger partial charge is 0.143 e. The van der Waals surface area contributed by atoms with Crippen molar-refractivity contribution in [2.75, 3.05) is 21.1 Å². The van der Waals surface area contributed by atoms with Crippen molar-refractivity contribution in [1.82, 2.24) is 9.97 Å². The van der Waals surface area contributed by atoms with Crippen LogP contribution in [-0.2, 0) is 6.54 Å². The minimum Gasteiger partial charge on any atom is -0.359 e. The number of aromatic amines is 1. The van der Waals surface area contributed by atoms with Crippen molar-refractivity contribution in [3.05, 3.63) is 29.8 Å². The largest absolute Gasteiger partial charge is 0.359 e. The summed E-state index contributed by atoms with van der Waals surface area (Å²) < 4.78 is 13.7. The Hall–Kier alpha value is -1.42. The number of nitrogens with one attached hydrogen (secondary N) is 1. The van der Waals surface area contributed by atoms with Gasteiger partial charge in [-0.15, -0.1) is 0 Å². The fraction of sp³-hybridized carbons (Fsp3) is 0.462. The molecule has 94 valence electrons. The monoisotopic (exact) mass is 238 g/mol. The molecule has 17 heavy (non-hydrogen) atoms. The van der Waals surface area contributed by atoms with Crippen molar-refractivity contribution in [3.63, 3.8) is 0 Å². The first-order valence-corrected chi connectivity index (χ1v) is 5.88. The molecule has 0 bridgehead atoms. The Kier molecular flexibility index (Phi) is 4.23. The predicted octanol–water partition coefficient (Wildman–Crippen LogP) is 2.93. The summed E-state index contributed by atoms with van der Waals surface area (Å²) in [5.41, 5.74) is 2.75. The first-order valence-electron chi connectivity index (χ1n) is 5.88. The number of hydrogen-bond donors (Lipinski definition) is 1. The van der Waals surface area contributed by atoms with Gasteiger partial charge in [0, 0.05) is 12.3 Å². The van der Waals surface area contributed by atoms with Crippen LogP contribution < -0.4 is 0 Å². The van der Waals surface area contributed by atoms with E-state index in [1.54, 1.807) is 0 Å². The van der Waals surface area contributed by atoms with Crippen molar-refractivity contribution in [1.29, 1.82) is 0 Å². The van der Waals surface area contributed by atoms with Gasteiger partial charge in [0.2, 0.25) is 0 Å². The molecule has 2 heterocycles. The predicted molar refractivity (Wildman–Crippen MR) is 69.1 cm³/mol. The van der Waals surface area contributed by atoms with Crippen molar-refractivity contribution in [2.45, 2.75) is 20.4 Å². The van der Waals surface area contributed by atoms with Gasteiger partial charge in [-0.25, -0.2) is 4.39 Å². The summed E-state index contributed by atoms with van der Waals surface area (Å²) in [6.45, 7) is 4.87. The van der Waals surface area contributed by atoms with Gasteiger partial charge in [0.1, 0.15) is 12.4 Å². The zero-order valence-corrected chi connectivity index (χ0v) is 11.2. The number of hydrogen-bond acceptors (Lipinski definition) is 1. The van der Waals surface area contributed by atoms with E-state index >= 15 is 0 Å². The zero-order valence-electron chi connectivity index (χ0n) is 11.2. The van der Waals surface area contributed by atoms with Gasteiger partial charge in [0.25, 0.3) is 0 Å². The molecule has 0 aromatic carbocycles. The van der Waals surface area contributed by atoms with Crippen LogP contribution >= 0.6 is 0 Å². The third-order valence-electron chi connectivity index (χ3n) is 2.21. The maximum Gasteiger partial charge on any atom is 0.143 e. The standard InChI is InChI=1S/C11H15FN3.C2H6/c1-15(2,3)7-8-5-13-10-4-9(12)6-14-11(8)10;1-2/h4-6,13H,7H2,1-3H3;1-2H3/q+1;. The number of fused-ring (bicyclic) bond motifs is 1. The molecule has 0 saturated carbocycles. The second-order valence-corrected chi connectivity index (χ2v) is 4.81. The second kappa shape index (κ2) is 5.27. The van der Waals surface area contributed by atoms with Crippen LogP contribution in [0.5, 0.6) is 0 Å².